The molecule has 1 fully saturated rings. The van der Waals surface area contributed by atoms with Crippen LogP contribution in [0.5, 0.6) is 0 Å². The van der Waals surface area contributed by atoms with E-state index in [1.807, 2.05) is 18.2 Å². The quantitative estimate of drug-likeness (QED) is 0.851. The molecule has 0 radical (unpaired) electrons. The van der Waals surface area contributed by atoms with E-state index in [0.717, 1.165) is 29.9 Å². The van der Waals surface area contributed by atoms with Crippen molar-refractivity contribution in [1.82, 2.24) is 0 Å². The maximum atomic E-state index is 6.22. The van der Waals surface area contributed by atoms with E-state index in [9.17, 15) is 0 Å². The van der Waals surface area contributed by atoms with E-state index in [0.29, 0.717) is 22.7 Å². The van der Waals surface area contributed by atoms with Crippen LogP contribution in [-0.2, 0) is 11.3 Å². The topological polar surface area (TPSA) is 35.2 Å². The van der Waals surface area contributed by atoms with Crippen LogP contribution >= 0.6 is 23.8 Å². The van der Waals surface area contributed by atoms with E-state index in [-0.39, 0.29) is 0 Å². The van der Waals surface area contributed by atoms with Gasteiger partial charge in [0.15, 0.2) is 0 Å². The van der Waals surface area contributed by atoms with Gasteiger partial charge < -0.3 is 10.5 Å². The number of ether oxygens (including phenoxy) is 1. The van der Waals surface area contributed by atoms with Crippen molar-refractivity contribution in [3.05, 3.63) is 34.3 Å². The summed E-state index contributed by atoms with van der Waals surface area (Å²) in [6, 6.07) is 5.66. The second-order valence-corrected chi connectivity index (χ2v) is 6.21. The van der Waals surface area contributed by atoms with E-state index < -0.39 is 0 Å². The van der Waals surface area contributed by atoms with Crippen molar-refractivity contribution in [2.45, 2.75) is 45.3 Å². The van der Waals surface area contributed by atoms with Crippen molar-refractivity contribution in [3.63, 3.8) is 0 Å². The molecule has 19 heavy (non-hydrogen) atoms. The van der Waals surface area contributed by atoms with E-state index in [1.54, 1.807) is 0 Å². The lowest BCUT2D eigenvalue weighted by molar-refractivity contribution is 0.00881. The highest BCUT2D eigenvalue weighted by molar-refractivity contribution is 7.80. The van der Waals surface area contributed by atoms with Gasteiger partial charge in [-0.05, 0) is 43.2 Å². The van der Waals surface area contributed by atoms with Gasteiger partial charge in [-0.15, -0.1) is 0 Å². The lowest BCUT2D eigenvalue weighted by Crippen LogP contribution is -2.20. The number of rotatable bonds is 4. The molecule has 0 bridgehead atoms. The third kappa shape index (κ3) is 4.16. The highest BCUT2D eigenvalue weighted by Gasteiger charge is 2.18. The van der Waals surface area contributed by atoms with Crippen LogP contribution in [0.3, 0.4) is 0 Å². The van der Waals surface area contributed by atoms with Crippen LogP contribution in [-0.4, -0.2) is 11.1 Å². The lowest BCUT2D eigenvalue weighted by atomic mass is 9.89. The molecule has 104 valence electrons. The summed E-state index contributed by atoms with van der Waals surface area (Å²) in [6.45, 7) is 2.87. The van der Waals surface area contributed by atoms with Gasteiger partial charge in [0.1, 0.15) is 4.99 Å². The summed E-state index contributed by atoms with van der Waals surface area (Å²) in [5.41, 5.74) is 7.38. The normalized spacial score (nSPS) is 23.3. The van der Waals surface area contributed by atoms with Gasteiger partial charge in [-0.25, -0.2) is 0 Å². The third-order valence-corrected chi connectivity index (χ3v) is 4.36. The van der Waals surface area contributed by atoms with Crippen LogP contribution in [0.1, 0.15) is 43.7 Å². The fourth-order valence-corrected chi connectivity index (χ4v) is 2.78. The van der Waals surface area contributed by atoms with Crippen molar-refractivity contribution in [2.75, 3.05) is 0 Å². The Morgan fingerprint density at radius 3 is 2.63 bits per heavy atom. The summed E-state index contributed by atoms with van der Waals surface area (Å²) < 4.78 is 5.95. The standard InChI is InChI=1S/C15H20ClNOS/c1-10-2-6-13(7-3-10)18-9-12-5-4-11(15(17)19)8-14(12)16/h4-5,8,10,13H,2-3,6-7,9H2,1H3,(H2,17,19). The average molecular weight is 298 g/mol. The molecule has 0 amide bonds. The Bertz CT molecular complexity index is 455. The molecular weight excluding hydrogens is 278 g/mol. The number of benzene rings is 1. The van der Waals surface area contributed by atoms with Crippen molar-refractivity contribution in [3.8, 4) is 0 Å². The number of hydrogen-bond donors (Lipinski definition) is 1. The molecule has 2 rings (SSSR count). The zero-order chi connectivity index (χ0) is 13.8. The van der Waals surface area contributed by atoms with Gasteiger partial charge in [0, 0.05) is 10.6 Å². The van der Waals surface area contributed by atoms with Gasteiger partial charge >= 0.3 is 0 Å². The van der Waals surface area contributed by atoms with Crippen molar-refractivity contribution in [2.24, 2.45) is 11.7 Å². The van der Waals surface area contributed by atoms with E-state index in [4.69, 9.17) is 34.3 Å². The molecular formula is C15H20ClNOS. The Balaban J connectivity index is 1.91. The van der Waals surface area contributed by atoms with Crippen molar-refractivity contribution >= 4 is 28.8 Å². The Kier molecular flexibility index (Phi) is 5.20. The predicted octanol–water partition coefficient (Wildman–Crippen LogP) is 4.07. The second kappa shape index (κ2) is 6.69. The molecule has 1 aliphatic carbocycles. The highest BCUT2D eigenvalue weighted by Crippen LogP contribution is 2.27. The summed E-state index contributed by atoms with van der Waals surface area (Å²) in [7, 11) is 0. The minimum Gasteiger partial charge on any atom is -0.389 e. The first-order valence-corrected chi connectivity index (χ1v) is 7.54. The first-order chi connectivity index (χ1) is 9.06. The van der Waals surface area contributed by atoms with E-state index in [2.05, 4.69) is 6.92 Å². The largest absolute Gasteiger partial charge is 0.389 e. The number of halogens is 1. The molecule has 0 unspecified atom stereocenters. The Morgan fingerprint density at radius 1 is 1.37 bits per heavy atom. The maximum Gasteiger partial charge on any atom is 0.104 e. The SMILES string of the molecule is CC1CCC(OCc2ccc(C(N)=S)cc2Cl)CC1. The lowest BCUT2D eigenvalue weighted by Gasteiger charge is -2.26. The Morgan fingerprint density at radius 2 is 2.05 bits per heavy atom. The average Bonchev–Trinajstić information content (AvgIpc) is 2.39. The molecule has 0 atom stereocenters. The van der Waals surface area contributed by atoms with Gasteiger partial charge in [-0.1, -0.05) is 42.9 Å². The summed E-state index contributed by atoms with van der Waals surface area (Å²) in [5, 5.41) is 0.675. The van der Waals surface area contributed by atoms with Crippen molar-refractivity contribution < 1.29 is 4.74 Å². The fourth-order valence-electron chi connectivity index (χ4n) is 2.42. The van der Waals surface area contributed by atoms with Crippen molar-refractivity contribution in [1.29, 1.82) is 0 Å². The van der Waals surface area contributed by atoms with Gasteiger partial charge in [-0.3, -0.25) is 0 Å². The summed E-state index contributed by atoms with van der Waals surface area (Å²) in [5.74, 6) is 0.841. The smallest absolute Gasteiger partial charge is 0.104 e. The van der Waals surface area contributed by atoms with Crippen LogP contribution < -0.4 is 5.73 Å². The number of nitrogens with two attached hydrogens (primary N) is 1. The van der Waals surface area contributed by atoms with E-state index >= 15 is 0 Å². The predicted molar refractivity (Wildman–Crippen MR) is 83.5 cm³/mol. The monoisotopic (exact) mass is 297 g/mol. The molecule has 1 aromatic carbocycles. The Hall–Kier alpha value is -0.640. The second-order valence-electron chi connectivity index (χ2n) is 5.36. The molecule has 0 aromatic heterocycles. The molecule has 2 N–H and O–H groups in total. The van der Waals surface area contributed by atoms with Gasteiger partial charge in [-0.2, -0.15) is 0 Å². The molecule has 1 saturated carbocycles. The van der Waals surface area contributed by atoms with Crippen LogP contribution in [0.4, 0.5) is 0 Å². The fraction of sp³-hybridized carbons (Fsp3) is 0.533. The molecule has 0 heterocycles. The molecule has 0 saturated heterocycles. The molecule has 1 aromatic rings. The van der Waals surface area contributed by atoms with Crippen LogP contribution in [0.25, 0.3) is 0 Å². The first kappa shape index (κ1) is 14.8. The number of hydrogen-bond acceptors (Lipinski definition) is 2. The maximum absolute atomic E-state index is 6.22. The highest BCUT2D eigenvalue weighted by atomic mass is 35.5. The van der Waals surface area contributed by atoms with Gasteiger partial charge in [0.2, 0.25) is 0 Å². The van der Waals surface area contributed by atoms with E-state index in [1.165, 1.54) is 12.8 Å². The van der Waals surface area contributed by atoms with Crippen LogP contribution in [0.2, 0.25) is 5.02 Å². The molecule has 0 aliphatic heterocycles. The zero-order valence-electron chi connectivity index (χ0n) is 11.2. The Labute approximate surface area is 125 Å². The van der Waals surface area contributed by atoms with Gasteiger partial charge in [0.05, 0.1) is 12.7 Å². The molecule has 0 spiro atoms. The van der Waals surface area contributed by atoms with Gasteiger partial charge in [0.25, 0.3) is 0 Å². The van der Waals surface area contributed by atoms with Crippen LogP contribution in [0, 0.1) is 5.92 Å². The summed E-state index contributed by atoms with van der Waals surface area (Å²) in [4.78, 5) is 0.371. The summed E-state index contributed by atoms with van der Waals surface area (Å²) in [6.07, 6.45) is 5.22. The molecule has 2 nitrogen and oxygen atoms in total. The molecule has 4 heteroatoms. The summed E-state index contributed by atoms with van der Waals surface area (Å²) >= 11 is 11.2. The minimum atomic E-state index is 0.371. The third-order valence-electron chi connectivity index (χ3n) is 3.78. The minimum absolute atomic E-state index is 0.371. The molecule has 1 aliphatic rings. The van der Waals surface area contributed by atoms with Crippen LogP contribution in [0.15, 0.2) is 18.2 Å². The first-order valence-electron chi connectivity index (χ1n) is 6.76. The zero-order valence-corrected chi connectivity index (χ0v) is 12.8. The number of thiocarbonyl (C=S) groups is 1.